The fourth-order valence-electron chi connectivity index (χ4n) is 1.64. The van der Waals surface area contributed by atoms with Gasteiger partial charge in [0.05, 0.1) is 12.2 Å². The minimum Gasteiger partial charge on any atom is -0.376 e. The lowest BCUT2D eigenvalue weighted by Crippen LogP contribution is -2.21. The summed E-state index contributed by atoms with van der Waals surface area (Å²) in [5, 5.41) is 6.58. The molecule has 1 heterocycles. The molecule has 0 unspecified atom stereocenters. The van der Waals surface area contributed by atoms with Gasteiger partial charge in [0.25, 0.3) is 0 Å². The van der Waals surface area contributed by atoms with E-state index in [2.05, 4.69) is 15.6 Å². The summed E-state index contributed by atoms with van der Waals surface area (Å²) in [4.78, 5) is 17.2. The van der Waals surface area contributed by atoms with E-state index in [0.29, 0.717) is 5.13 Å². The van der Waals surface area contributed by atoms with Crippen molar-refractivity contribution in [2.45, 2.75) is 20.8 Å². The van der Waals surface area contributed by atoms with Crippen molar-refractivity contribution in [3.8, 4) is 0 Å². The van der Waals surface area contributed by atoms with Gasteiger partial charge in [0, 0.05) is 10.6 Å². The Morgan fingerprint density at radius 1 is 1.26 bits per heavy atom. The van der Waals surface area contributed by atoms with Crippen LogP contribution in [0.15, 0.2) is 24.3 Å². The zero-order chi connectivity index (χ0) is 13.8. The Kier molecular flexibility index (Phi) is 4.16. The molecule has 1 amide bonds. The third kappa shape index (κ3) is 3.54. The van der Waals surface area contributed by atoms with Crippen LogP contribution >= 0.6 is 11.3 Å². The summed E-state index contributed by atoms with van der Waals surface area (Å²) in [5.41, 5.74) is 3.06. The molecule has 2 aromatic rings. The van der Waals surface area contributed by atoms with Crippen LogP contribution in [-0.4, -0.2) is 17.4 Å². The number of carbonyl (C=O) groups is 1. The molecule has 0 aliphatic carbocycles. The summed E-state index contributed by atoms with van der Waals surface area (Å²) < 4.78 is 0. The lowest BCUT2D eigenvalue weighted by molar-refractivity contribution is -0.114. The van der Waals surface area contributed by atoms with Crippen molar-refractivity contribution in [1.29, 1.82) is 0 Å². The number of hydrogen-bond donors (Lipinski definition) is 2. The average molecular weight is 275 g/mol. The maximum Gasteiger partial charge on any atom is 0.245 e. The minimum atomic E-state index is -0.0861. The summed E-state index contributed by atoms with van der Waals surface area (Å²) >= 11 is 1.50. The normalized spacial score (nSPS) is 10.3. The second kappa shape index (κ2) is 5.84. The van der Waals surface area contributed by atoms with Gasteiger partial charge in [-0.05, 0) is 32.4 Å². The second-order valence-electron chi connectivity index (χ2n) is 4.38. The van der Waals surface area contributed by atoms with Crippen molar-refractivity contribution in [3.63, 3.8) is 0 Å². The zero-order valence-electron chi connectivity index (χ0n) is 11.3. The number of rotatable bonds is 4. The van der Waals surface area contributed by atoms with Gasteiger partial charge in [0.2, 0.25) is 5.91 Å². The SMILES string of the molecule is Cc1ccccc1NCC(=O)Nc1nc(C)c(C)s1. The molecule has 0 saturated heterocycles. The summed E-state index contributed by atoms with van der Waals surface area (Å²) in [6, 6.07) is 7.89. The second-order valence-corrected chi connectivity index (χ2v) is 5.58. The van der Waals surface area contributed by atoms with Crippen LogP contribution in [0.4, 0.5) is 10.8 Å². The van der Waals surface area contributed by atoms with Gasteiger partial charge < -0.3 is 10.6 Å². The first-order valence-corrected chi connectivity index (χ1v) is 6.91. The summed E-state index contributed by atoms with van der Waals surface area (Å²) in [6.45, 7) is 6.18. The maximum atomic E-state index is 11.8. The molecule has 1 aromatic carbocycles. The third-order valence-electron chi connectivity index (χ3n) is 2.86. The van der Waals surface area contributed by atoms with Gasteiger partial charge in [-0.25, -0.2) is 4.98 Å². The Labute approximate surface area is 116 Å². The smallest absolute Gasteiger partial charge is 0.245 e. The van der Waals surface area contributed by atoms with Crippen LogP contribution in [0, 0.1) is 20.8 Å². The van der Waals surface area contributed by atoms with Gasteiger partial charge >= 0.3 is 0 Å². The summed E-state index contributed by atoms with van der Waals surface area (Å²) in [5.74, 6) is -0.0861. The van der Waals surface area contributed by atoms with E-state index in [1.54, 1.807) is 0 Å². The van der Waals surface area contributed by atoms with E-state index in [0.717, 1.165) is 21.8 Å². The van der Waals surface area contributed by atoms with E-state index in [1.165, 1.54) is 11.3 Å². The zero-order valence-corrected chi connectivity index (χ0v) is 12.1. The fraction of sp³-hybridized carbons (Fsp3) is 0.286. The number of benzene rings is 1. The number of hydrogen-bond acceptors (Lipinski definition) is 4. The number of para-hydroxylation sites is 1. The first-order chi connectivity index (χ1) is 9.06. The Hall–Kier alpha value is -1.88. The molecule has 4 nitrogen and oxygen atoms in total. The van der Waals surface area contributed by atoms with Crippen LogP contribution in [0.1, 0.15) is 16.1 Å². The van der Waals surface area contributed by atoms with Crippen molar-refractivity contribution in [2.75, 3.05) is 17.2 Å². The van der Waals surface area contributed by atoms with E-state index in [9.17, 15) is 4.79 Å². The van der Waals surface area contributed by atoms with Crippen LogP contribution in [0.25, 0.3) is 0 Å². The highest BCUT2D eigenvalue weighted by Crippen LogP contribution is 2.21. The Bertz CT molecular complexity index is 573. The molecule has 0 radical (unpaired) electrons. The van der Waals surface area contributed by atoms with E-state index < -0.39 is 0 Å². The first-order valence-electron chi connectivity index (χ1n) is 6.09. The molecule has 5 heteroatoms. The number of carbonyl (C=O) groups excluding carboxylic acids is 1. The van der Waals surface area contributed by atoms with E-state index >= 15 is 0 Å². The average Bonchev–Trinajstić information content (AvgIpc) is 2.67. The van der Waals surface area contributed by atoms with Crippen molar-refractivity contribution in [2.24, 2.45) is 0 Å². The number of anilines is 2. The molecule has 100 valence electrons. The number of aromatic nitrogens is 1. The molecule has 0 spiro atoms. The predicted octanol–water partition coefficient (Wildman–Crippen LogP) is 3.12. The lowest BCUT2D eigenvalue weighted by atomic mass is 10.2. The van der Waals surface area contributed by atoms with Crippen molar-refractivity contribution < 1.29 is 4.79 Å². The number of thiazole rings is 1. The van der Waals surface area contributed by atoms with Crippen LogP contribution in [0.5, 0.6) is 0 Å². The standard InChI is InChI=1S/C14H17N3OS/c1-9-6-4-5-7-12(9)15-8-13(18)17-14-16-10(2)11(3)19-14/h4-7,15H,8H2,1-3H3,(H,16,17,18). The van der Waals surface area contributed by atoms with E-state index in [4.69, 9.17) is 0 Å². The van der Waals surface area contributed by atoms with Gasteiger partial charge in [-0.15, -0.1) is 11.3 Å². The molecular weight excluding hydrogens is 258 g/mol. The maximum absolute atomic E-state index is 11.8. The highest BCUT2D eigenvalue weighted by molar-refractivity contribution is 7.15. The number of amides is 1. The topological polar surface area (TPSA) is 54.0 Å². The number of nitrogens with zero attached hydrogens (tertiary/aromatic N) is 1. The van der Waals surface area contributed by atoms with E-state index in [1.807, 2.05) is 45.0 Å². The predicted molar refractivity (Wildman–Crippen MR) is 79.9 cm³/mol. The molecule has 0 bridgehead atoms. The van der Waals surface area contributed by atoms with Crippen molar-refractivity contribution in [3.05, 3.63) is 40.4 Å². The number of aryl methyl sites for hydroxylation is 3. The molecular formula is C14H17N3OS. The van der Waals surface area contributed by atoms with E-state index in [-0.39, 0.29) is 12.5 Å². The van der Waals surface area contributed by atoms with Gasteiger partial charge in [0.15, 0.2) is 5.13 Å². The Morgan fingerprint density at radius 3 is 2.63 bits per heavy atom. The molecule has 2 N–H and O–H groups in total. The van der Waals surface area contributed by atoms with Crippen LogP contribution in [0.2, 0.25) is 0 Å². The van der Waals surface area contributed by atoms with Gasteiger partial charge in [-0.2, -0.15) is 0 Å². The van der Waals surface area contributed by atoms with Gasteiger partial charge in [-0.1, -0.05) is 18.2 Å². The fourth-order valence-corrected chi connectivity index (χ4v) is 2.47. The highest BCUT2D eigenvalue weighted by atomic mass is 32.1. The van der Waals surface area contributed by atoms with Crippen LogP contribution in [0.3, 0.4) is 0 Å². The largest absolute Gasteiger partial charge is 0.376 e. The van der Waals surface area contributed by atoms with Crippen molar-refractivity contribution in [1.82, 2.24) is 4.98 Å². The molecule has 19 heavy (non-hydrogen) atoms. The molecule has 0 saturated carbocycles. The Balaban J connectivity index is 1.90. The molecule has 1 aromatic heterocycles. The number of nitrogens with one attached hydrogen (secondary N) is 2. The highest BCUT2D eigenvalue weighted by Gasteiger charge is 2.08. The molecule has 2 rings (SSSR count). The Morgan fingerprint density at radius 2 is 2.00 bits per heavy atom. The summed E-state index contributed by atoms with van der Waals surface area (Å²) in [6.07, 6.45) is 0. The molecule has 0 atom stereocenters. The molecule has 0 aliphatic heterocycles. The molecule has 0 aliphatic rings. The molecule has 0 fully saturated rings. The van der Waals surface area contributed by atoms with Gasteiger partial charge in [0.1, 0.15) is 0 Å². The summed E-state index contributed by atoms with van der Waals surface area (Å²) in [7, 11) is 0. The van der Waals surface area contributed by atoms with Gasteiger partial charge in [-0.3, -0.25) is 4.79 Å². The van der Waals surface area contributed by atoms with Crippen molar-refractivity contribution >= 4 is 28.1 Å². The van der Waals surface area contributed by atoms with Crippen LogP contribution < -0.4 is 10.6 Å². The monoisotopic (exact) mass is 275 g/mol. The first kappa shape index (κ1) is 13.5. The van der Waals surface area contributed by atoms with Crippen LogP contribution in [-0.2, 0) is 4.79 Å². The third-order valence-corrected chi connectivity index (χ3v) is 3.85. The minimum absolute atomic E-state index is 0.0861. The lowest BCUT2D eigenvalue weighted by Gasteiger charge is -2.08. The quantitative estimate of drug-likeness (QED) is 0.901.